The summed E-state index contributed by atoms with van der Waals surface area (Å²) >= 11 is 0. The second-order valence-electron chi connectivity index (χ2n) is 4.39. The molecule has 0 unspecified atom stereocenters. The van der Waals surface area contributed by atoms with E-state index in [0.717, 1.165) is 29.9 Å². The first-order valence-corrected chi connectivity index (χ1v) is 5.99. The van der Waals surface area contributed by atoms with Crippen molar-refractivity contribution in [1.82, 2.24) is 0 Å². The van der Waals surface area contributed by atoms with Crippen molar-refractivity contribution >= 4 is 5.78 Å². The van der Waals surface area contributed by atoms with Gasteiger partial charge in [0, 0.05) is 18.4 Å². The lowest BCUT2D eigenvalue weighted by molar-refractivity contribution is -0.120. The Bertz CT molecular complexity index is 380. The molecule has 1 saturated carbocycles. The topological polar surface area (TPSA) is 35.5 Å². The van der Waals surface area contributed by atoms with Crippen LogP contribution in [0.15, 0.2) is 18.2 Å². The van der Waals surface area contributed by atoms with Gasteiger partial charge in [0.05, 0.1) is 14.2 Å². The Balaban J connectivity index is 2.32. The molecule has 1 aromatic carbocycles. The summed E-state index contributed by atoms with van der Waals surface area (Å²) in [5, 5.41) is 0. The normalized spacial score (nSPS) is 16.9. The van der Waals surface area contributed by atoms with Gasteiger partial charge in [0.1, 0.15) is 17.3 Å². The summed E-state index contributed by atoms with van der Waals surface area (Å²) in [7, 11) is 3.35. The molecule has 92 valence electrons. The van der Waals surface area contributed by atoms with E-state index in [-0.39, 0.29) is 0 Å². The number of carbonyl (C=O) groups excluding carboxylic acids is 1. The van der Waals surface area contributed by atoms with Crippen LogP contribution >= 0.6 is 0 Å². The molecule has 1 aliphatic carbocycles. The number of hydrogen-bond donors (Lipinski definition) is 0. The molecule has 0 amide bonds. The van der Waals surface area contributed by atoms with E-state index in [0.29, 0.717) is 24.5 Å². The van der Waals surface area contributed by atoms with Gasteiger partial charge < -0.3 is 9.47 Å². The number of Topliss-reactive ketones (excluding diaryl/α,β-unsaturated/α-hetero) is 1. The largest absolute Gasteiger partial charge is 0.496 e. The van der Waals surface area contributed by atoms with E-state index in [4.69, 9.17) is 9.47 Å². The molecule has 0 aromatic heterocycles. The lowest BCUT2D eigenvalue weighted by Crippen LogP contribution is -2.14. The zero-order chi connectivity index (χ0) is 12.3. The first kappa shape index (κ1) is 12.0. The van der Waals surface area contributed by atoms with E-state index in [1.807, 2.05) is 18.2 Å². The maximum atomic E-state index is 11.3. The monoisotopic (exact) mass is 234 g/mol. The number of benzene rings is 1. The number of rotatable bonds is 3. The van der Waals surface area contributed by atoms with Crippen LogP contribution < -0.4 is 9.47 Å². The number of ether oxygens (including phenoxy) is 2. The van der Waals surface area contributed by atoms with Crippen LogP contribution in [-0.2, 0) is 4.79 Å². The molecule has 0 N–H and O–H groups in total. The molecule has 0 heterocycles. The Labute approximate surface area is 102 Å². The van der Waals surface area contributed by atoms with E-state index < -0.39 is 0 Å². The average molecular weight is 234 g/mol. The van der Waals surface area contributed by atoms with Gasteiger partial charge in [-0.3, -0.25) is 4.79 Å². The highest BCUT2D eigenvalue weighted by Gasteiger charge is 2.25. The third-order valence-electron chi connectivity index (χ3n) is 3.42. The fourth-order valence-electron chi connectivity index (χ4n) is 2.51. The molecular weight excluding hydrogens is 216 g/mol. The van der Waals surface area contributed by atoms with E-state index in [1.54, 1.807) is 14.2 Å². The molecule has 0 bridgehead atoms. The molecule has 0 atom stereocenters. The first-order valence-electron chi connectivity index (χ1n) is 5.99. The first-order chi connectivity index (χ1) is 8.26. The van der Waals surface area contributed by atoms with Crippen molar-refractivity contribution in [2.75, 3.05) is 14.2 Å². The molecule has 17 heavy (non-hydrogen) atoms. The lowest BCUT2D eigenvalue weighted by Gasteiger charge is -2.24. The highest BCUT2D eigenvalue weighted by atomic mass is 16.5. The molecular formula is C14H18O3. The Kier molecular flexibility index (Phi) is 3.67. The van der Waals surface area contributed by atoms with E-state index >= 15 is 0 Å². The molecule has 3 nitrogen and oxygen atoms in total. The zero-order valence-corrected chi connectivity index (χ0v) is 10.4. The molecule has 2 rings (SSSR count). The van der Waals surface area contributed by atoms with Crippen molar-refractivity contribution in [1.29, 1.82) is 0 Å². The smallest absolute Gasteiger partial charge is 0.132 e. The average Bonchev–Trinajstić information content (AvgIpc) is 2.38. The molecule has 0 saturated heterocycles. The Morgan fingerprint density at radius 1 is 1.06 bits per heavy atom. The molecule has 1 aliphatic rings. The minimum atomic E-state index is 0.370. The van der Waals surface area contributed by atoms with E-state index in [1.165, 1.54) is 0 Å². The van der Waals surface area contributed by atoms with E-state index in [9.17, 15) is 4.79 Å². The van der Waals surface area contributed by atoms with Gasteiger partial charge in [0.25, 0.3) is 0 Å². The predicted octanol–water partition coefficient (Wildman–Crippen LogP) is 2.93. The molecule has 0 spiro atoms. The summed E-state index contributed by atoms with van der Waals surface area (Å²) in [6, 6.07) is 5.83. The van der Waals surface area contributed by atoms with Crippen LogP contribution in [0.1, 0.15) is 37.2 Å². The number of methoxy groups -OCH3 is 2. The van der Waals surface area contributed by atoms with Crippen LogP contribution in [0.3, 0.4) is 0 Å². The summed E-state index contributed by atoms with van der Waals surface area (Å²) in [4.78, 5) is 11.3. The van der Waals surface area contributed by atoms with Crippen LogP contribution in [0, 0.1) is 0 Å². The highest BCUT2D eigenvalue weighted by molar-refractivity contribution is 5.79. The van der Waals surface area contributed by atoms with Gasteiger partial charge in [-0.2, -0.15) is 0 Å². The fraction of sp³-hybridized carbons (Fsp3) is 0.500. The Morgan fingerprint density at radius 2 is 1.59 bits per heavy atom. The summed E-state index contributed by atoms with van der Waals surface area (Å²) < 4.78 is 10.8. The summed E-state index contributed by atoms with van der Waals surface area (Å²) in [6.07, 6.45) is 3.14. The van der Waals surface area contributed by atoms with Crippen molar-refractivity contribution in [2.24, 2.45) is 0 Å². The summed E-state index contributed by atoms with van der Waals surface area (Å²) in [6.45, 7) is 0. The number of carbonyl (C=O) groups is 1. The predicted molar refractivity (Wildman–Crippen MR) is 65.8 cm³/mol. The lowest BCUT2D eigenvalue weighted by atomic mass is 9.82. The second kappa shape index (κ2) is 5.21. The Morgan fingerprint density at radius 3 is 2.06 bits per heavy atom. The maximum absolute atomic E-state index is 11.3. The van der Waals surface area contributed by atoms with Crippen molar-refractivity contribution in [3.8, 4) is 11.5 Å². The van der Waals surface area contributed by atoms with Crippen molar-refractivity contribution in [3.63, 3.8) is 0 Å². The minimum Gasteiger partial charge on any atom is -0.496 e. The standard InChI is InChI=1S/C14H18O3/c1-16-12-4-3-5-13(17-2)14(12)10-6-8-11(15)9-7-10/h3-5,10H,6-9H2,1-2H3. The van der Waals surface area contributed by atoms with Crippen molar-refractivity contribution in [3.05, 3.63) is 23.8 Å². The molecule has 1 aromatic rings. The number of ketones is 1. The van der Waals surface area contributed by atoms with Gasteiger partial charge >= 0.3 is 0 Å². The summed E-state index contributed by atoms with van der Waals surface area (Å²) in [5.41, 5.74) is 1.12. The zero-order valence-electron chi connectivity index (χ0n) is 10.4. The van der Waals surface area contributed by atoms with Crippen LogP contribution in [-0.4, -0.2) is 20.0 Å². The molecule has 0 aliphatic heterocycles. The van der Waals surface area contributed by atoms with E-state index in [2.05, 4.69) is 0 Å². The van der Waals surface area contributed by atoms with Crippen molar-refractivity contribution < 1.29 is 14.3 Å². The van der Waals surface area contributed by atoms with Gasteiger partial charge in [0.15, 0.2) is 0 Å². The van der Waals surface area contributed by atoms with Gasteiger partial charge in [0.2, 0.25) is 0 Å². The molecule has 1 fully saturated rings. The van der Waals surface area contributed by atoms with Gasteiger partial charge in [-0.1, -0.05) is 6.07 Å². The van der Waals surface area contributed by atoms with Crippen LogP contribution in [0.4, 0.5) is 0 Å². The Hall–Kier alpha value is -1.51. The van der Waals surface area contributed by atoms with Gasteiger partial charge in [-0.05, 0) is 30.9 Å². The molecule has 0 radical (unpaired) electrons. The van der Waals surface area contributed by atoms with Crippen LogP contribution in [0.25, 0.3) is 0 Å². The van der Waals surface area contributed by atoms with Crippen molar-refractivity contribution in [2.45, 2.75) is 31.6 Å². The molecule has 3 heteroatoms. The minimum absolute atomic E-state index is 0.370. The van der Waals surface area contributed by atoms with Gasteiger partial charge in [-0.15, -0.1) is 0 Å². The quantitative estimate of drug-likeness (QED) is 0.806. The SMILES string of the molecule is COc1cccc(OC)c1C1CCC(=O)CC1. The number of hydrogen-bond acceptors (Lipinski definition) is 3. The summed E-state index contributed by atoms with van der Waals surface area (Å²) in [5.74, 6) is 2.47. The van der Waals surface area contributed by atoms with Crippen LogP contribution in [0.2, 0.25) is 0 Å². The van der Waals surface area contributed by atoms with Crippen LogP contribution in [0.5, 0.6) is 11.5 Å². The maximum Gasteiger partial charge on any atom is 0.132 e. The third-order valence-corrected chi connectivity index (χ3v) is 3.42. The van der Waals surface area contributed by atoms with Gasteiger partial charge in [-0.25, -0.2) is 0 Å². The highest BCUT2D eigenvalue weighted by Crippen LogP contribution is 2.41. The second-order valence-corrected chi connectivity index (χ2v) is 4.39. The third kappa shape index (κ3) is 2.43. The fourth-order valence-corrected chi connectivity index (χ4v) is 2.51.